The fourth-order valence-electron chi connectivity index (χ4n) is 3.05. The largest absolute Gasteiger partial charge is 0.488 e. The van der Waals surface area contributed by atoms with Gasteiger partial charge in [-0.3, -0.25) is 0 Å². The van der Waals surface area contributed by atoms with Crippen molar-refractivity contribution in [3.63, 3.8) is 0 Å². The second kappa shape index (κ2) is 7.27. The van der Waals surface area contributed by atoms with Crippen LogP contribution in [0, 0.1) is 6.92 Å². The molecule has 0 radical (unpaired) electrons. The molecule has 0 bridgehead atoms. The summed E-state index contributed by atoms with van der Waals surface area (Å²) in [7, 11) is 0. The van der Waals surface area contributed by atoms with Crippen molar-refractivity contribution in [2.24, 2.45) is 0 Å². The summed E-state index contributed by atoms with van der Waals surface area (Å²) in [6.07, 6.45) is 2.13. The number of aryl methyl sites for hydroxylation is 1. The monoisotopic (exact) mass is 356 g/mol. The Bertz CT molecular complexity index is 881. The zero-order valence-corrected chi connectivity index (χ0v) is 14.4. The van der Waals surface area contributed by atoms with Crippen LogP contribution in [0.1, 0.15) is 17.7 Å². The maximum atomic E-state index is 9.16. The van der Waals surface area contributed by atoms with Gasteiger partial charge in [-0.15, -0.1) is 0 Å². The highest BCUT2D eigenvalue weighted by Gasteiger charge is 2.29. The fraction of sp³-hybridized carbons (Fsp3) is 0.389. The number of nitrogens with one attached hydrogen (secondary N) is 1. The highest BCUT2D eigenvalue weighted by Crippen LogP contribution is 2.26. The van der Waals surface area contributed by atoms with Gasteiger partial charge < -0.3 is 24.4 Å². The molecule has 2 atom stereocenters. The summed E-state index contributed by atoms with van der Waals surface area (Å²) in [5.41, 5.74) is 2.04. The molecule has 0 amide bonds. The zero-order valence-electron chi connectivity index (χ0n) is 14.4. The van der Waals surface area contributed by atoms with E-state index in [0.717, 1.165) is 28.8 Å². The number of aliphatic hydroxyl groups excluding tert-OH is 1. The predicted octanol–water partition coefficient (Wildman–Crippen LogP) is 2.07. The second-order valence-corrected chi connectivity index (χ2v) is 6.24. The molecule has 136 valence electrons. The molecule has 1 aliphatic rings. The topological polar surface area (TPSA) is 103 Å². The second-order valence-electron chi connectivity index (χ2n) is 6.24. The van der Waals surface area contributed by atoms with Crippen LogP contribution in [0.2, 0.25) is 0 Å². The number of anilines is 1. The van der Waals surface area contributed by atoms with E-state index in [1.54, 1.807) is 0 Å². The van der Waals surface area contributed by atoms with Gasteiger partial charge in [0.05, 0.1) is 31.6 Å². The van der Waals surface area contributed by atoms with Crippen molar-refractivity contribution in [3.05, 3.63) is 41.9 Å². The normalized spacial score (nSPS) is 20.2. The van der Waals surface area contributed by atoms with Crippen molar-refractivity contribution in [2.45, 2.75) is 32.1 Å². The summed E-state index contributed by atoms with van der Waals surface area (Å²) in [5, 5.41) is 17.3. The molecule has 3 aromatic rings. The molecule has 0 saturated carbocycles. The summed E-state index contributed by atoms with van der Waals surface area (Å²) < 4.78 is 17.0. The van der Waals surface area contributed by atoms with E-state index in [2.05, 4.69) is 20.4 Å². The first kappa shape index (κ1) is 16.7. The first-order valence-corrected chi connectivity index (χ1v) is 8.52. The number of hydrogen-bond acceptors (Lipinski definition) is 8. The van der Waals surface area contributed by atoms with Gasteiger partial charge >= 0.3 is 0 Å². The average Bonchev–Trinajstić information content (AvgIpc) is 3.06. The minimum absolute atomic E-state index is 0.0174. The molecule has 3 heterocycles. The molecule has 1 aliphatic heterocycles. The molecule has 0 unspecified atom stereocenters. The van der Waals surface area contributed by atoms with Crippen molar-refractivity contribution in [1.29, 1.82) is 0 Å². The van der Waals surface area contributed by atoms with Crippen LogP contribution in [0.4, 0.5) is 5.82 Å². The van der Waals surface area contributed by atoms with E-state index < -0.39 is 0 Å². The smallest absolute Gasteiger partial charge is 0.263 e. The highest BCUT2D eigenvalue weighted by atomic mass is 16.5. The maximum absolute atomic E-state index is 9.16. The number of benzene rings is 1. The SMILES string of the molecule is Cc1noc2ncnc(N[C@@H]3COCC[C@H]3Oc3ccc(CO)cc3)c12. The van der Waals surface area contributed by atoms with Crippen LogP contribution in [0.25, 0.3) is 11.1 Å². The lowest BCUT2D eigenvalue weighted by molar-refractivity contribution is 0.0147. The number of nitrogens with zero attached hydrogens (tertiary/aromatic N) is 3. The van der Waals surface area contributed by atoms with Gasteiger partial charge in [0.25, 0.3) is 5.71 Å². The Hall–Kier alpha value is -2.71. The van der Waals surface area contributed by atoms with E-state index >= 15 is 0 Å². The van der Waals surface area contributed by atoms with Crippen LogP contribution in [0.3, 0.4) is 0 Å². The first-order chi connectivity index (χ1) is 12.7. The van der Waals surface area contributed by atoms with Crippen LogP contribution in [0.15, 0.2) is 35.1 Å². The van der Waals surface area contributed by atoms with Gasteiger partial charge in [-0.25, -0.2) is 4.98 Å². The summed E-state index contributed by atoms with van der Waals surface area (Å²) in [6, 6.07) is 7.36. The van der Waals surface area contributed by atoms with Crippen molar-refractivity contribution in [2.75, 3.05) is 18.5 Å². The zero-order chi connectivity index (χ0) is 17.9. The van der Waals surface area contributed by atoms with Gasteiger partial charge in [-0.2, -0.15) is 4.98 Å². The van der Waals surface area contributed by atoms with Crippen LogP contribution >= 0.6 is 0 Å². The Labute approximate surface area is 150 Å². The lowest BCUT2D eigenvalue weighted by atomic mass is 10.1. The minimum atomic E-state index is -0.0753. The molecule has 0 spiro atoms. The van der Waals surface area contributed by atoms with Gasteiger partial charge in [0.1, 0.15) is 29.4 Å². The summed E-state index contributed by atoms with van der Waals surface area (Å²) >= 11 is 0. The Morgan fingerprint density at radius 3 is 2.92 bits per heavy atom. The quantitative estimate of drug-likeness (QED) is 0.716. The molecule has 2 N–H and O–H groups in total. The third-order valence-corrected chi connectivity index (χ3v) is 4.45. The van der Waals surface area contributed by atoms with Crippen molar-refractivity contribution < 1.29 is 19.1 Å². The summed E-state index contributed by atoms with van der Waals surface area (Å²) in [6.45, 7) is 3.02. The molecule has 1 aromatic carbocycles. The van der Waals surface area contributed by atoms with E-state index in [4.69, 9.17) is 19.1 Å². The molecule has 4 rings (SSSR count). The number of hydrogen-bond donors (Lipinski definition) is 2. The molecular weight excluding hydrogens is 336 g/mol. The van der Waals surface area contributed by atoms with Gasteiger partial charge in [-0.1, -0.05) is 17.3 Å². The Morgan fingerprint density at radius 1 is 1.27 bits per heavy atom. The third-order valence-electron chi connectivity index (χ3n) is 4.45. The molecule has 8 nitrogen and oxygen atoms in total. The number of aliphatic hydroxyl groups is 1. The Kier molecular flexibility index (Phi) is 4.68. The number of rotatable bonds is 5. The summed E-state index contributed by atoms with van der Waals surface area (Å²) in [4.78, 5) is 8.43. The molecule has 8 heteroatoms. The standard InChI is InChI=1S/C18H20N4O4/c1-11-16-17(19-10-20-18(16)26-22-11)21-14-9-24-7-6-15(14)25-13-4-2-12(8-23)3-5-13/h2-5,10,14-15,23H,6-9H2,1H3,(H,19,20,21)/t14-,15-/m1/s1. The van der Waals surface area contributed by atoms with Crippen LogP contribution in [-0.2, 0) is 11.3 Å². The minimum Gasteiger partial charge on any atom is -0.488 e. The number of fused-ring (bicyclic) bond motifs is 1. The van der Waals surface area contributed by atoms with Gasteiger partial charge in [0.15, 0.2) is 0 Å². The molecule has 1 saturated heterocycles. The van der Waals surface area contributed by atoms with E-state index in [1.165, 1.54) is 6.33 Å². The Balaban J connectivity index is 1.54. The maximum Gasteiger partial charge on any atom is 0.263 e. The van der Waals surface area contributed by atoms with Gasteiger partial charge in [0.2, 0.25) is 0 Å². The van der Waals surface area contributed by atoms with Crippen LogP contribution in [0.5, 0.6) is 5.75 Å². The number of ether oxygens (including phenoxy) is 2. The van der Waals surface area contributed by atoms with E-state index in [1.807, 2.05) is 31.2 Å². The molecule has 0 aliphatic carbocycles. The summed E-state index contributed by atoms with van der Waals surface area (Å²) in [5.74, 6) is 1.42. The fourth-order valence-corrected chi connectivity index (χ4v) is 3.05. The van der Waals surface area contributed by atoms with Gasteiger partial charge in [-0.05, 0) is 24.6 Å². The number of aromatic nitrogens is 3. The first-order valence-electron chi connectivity index (χ1n) is 8.52. The average molecular weight is 356 g/mol. The highest BCUT2D eigenvalue weighted by molar-refractivity contribution is 5.87. The molecule has 26 heavy (non-hydrogen) atoms. The van der Waals surface area contributed by atoms with E-state index in [0.29, 0.717) is 24.7 Å². The lowest BCUT2D eigenvalue weighted by Crippen LogP contribution is -2.45. The van der Waals surface area contributed by atoms with Crippen LogP contribution in [-0.4, -0.2) is 45.6 Å². The third kappa shape index (κ3) is 3.33. The molecule has 1 fully saturated rings. The molecule has 2 aromatic heterocycles. The van der Waals surface area contributed by atoms with E-state index in [-0.39, 0.29) is 18.8 Å². The predicted molar refractivity (Wildman–Crippen MR) is 94.0 cm³/mol. The Morgan fingerprint density at radius 2 is 2.12 bits per heavy atom. The van der Waals surface area contributed by atoms with Crippen molar-refractivity contribution in [1.82, 2.24) is 15.1 Å². The van der Waals surface area contributed by atoms with Crippen molar-refractivity contribution in [3.8, 4) is 5.75 Å². The van der Waals surface area contributed by atoms with E-state index in [9.17, 15) is 0 Å². The van der Waals surface area contributed by atoms with Gasteiger partial charge in [0, 0.05) is 6.42 Å². The van der Waals surface area contributed by atoms with Crippen molar-refractivity contribution >= 4 is 16.9 Å². The lowest BCUT2D eigenvalue weighted by Gasteiger charge is -2.32. The molecular formula is C18H20N4O4. The van der Waals surface area contributed by atoms with Crippen LogP contribution < -0.4 is 10.1 Å².